The molecule has 0 bridgehead atoms. The Balaban J connectivity index is 1.68. The fraction of sp³-hybridized carbons (Fsp3) is 0.286. The van der Waals surface area contributed by atoms with Gasteiger partial charge < -0.3 is 15.1 Å². The average Bonchev–Trinajstić information content (AvgIpc) is 2.73. The molecule has 0 aliphatic carbocycles. The number of carbonyl (C=O) groups is 1. The molecule has 4 nitrogen and oxygen atoms in total. The molecule has 2 fully saturated rings. The molecule has 2 aromatic carbocycles. The molecule has 2 heterocycles. The van der Waals surface area contributed by atoms with Crippen molar-refractivity contribution in [2.75, 3.05) is 48.3 Å². The van der Waals surface area contributed by atoms with Gasteiger partial charge in [-0.25, -0.2) is 4.39 Å². The van der Waals surface area contributed by atoms with Crippen LogP contribution in [0.1, 0.15) is 5.56 Å². The normalized spacial score (nSPS) is 19.1. The highest BCUT2D eigenvalue weighted by Gasteiger charge is 2.27. The van der Waals surface area contributed by atoms with Crippen LogP contribution in [-0.4, -0.2) is 44.4 Å². The summed E-state index contributed by atoms with van der Waals surface area (Å²) in [6.45, 7) is 3.97. The SMILES string of the molecule is O=C1C(=Cc2cc(F)ccc2N2CCNCC2)SCCN1c1cccc(Cl)c1Cl. The maximum atomic E-state index is 14.0. The fourth-order valence-electron chi connectivity index (χ4n) is 3.55. The molecule has 0 aromatic heterocycles. The van der Waals surface area contributed by atoms with Crippen molar-refractivity contribution in [1.82, 2.24) is 5.32 Å². The van der Waals surface area contributed by atoms with Gasteiger partial charge in [0.15, 0.2) is 0 Å². The number of piperazine rings is 1. The van der Waals surface area contributed by atoms with Crippen molar-refractivity contribution in [2.45, 2.75) is 0 Å². The van der Waals surface area contributed by atoms with Crippen molar-refractivity contribution in [3.8, 4) is 0 Å². The summed E-state index contributed by atoms with van der Waals surface area (Å²) in [5.41, 5.74) is 2.24. The monoisotopic (exact) mass is 451 g/mol. The van der Waals surface area contributed by atoms with Crippen LogP contribution in [0.25, 0.3) is 6.08 Å². The Morgan fingerprint density at radius 3 is 2.66 bits per heavy atom. The van der Waals surface area contributed by atoms with Gasteiger partial charge in [0.1, 0.15) is 5.82 Å². The summed E-state index contributed by atoms with van der Waals surface area (Å²) in [5, 5.41) is 4.09. The number of benzene rings is 2. The molecule has 2 aliphatic heterocycles. The van der Waals surface area contributed by atoms with Gasteiger partial charge in [-0.15, -0.1) is 11.8 Å². The Bertz CT molecular complexity index is 963. The summed E-state index contributed by atoms with van der Waals surface area (Å²) < 4.78 is 14.0. The lowest BCUT2D eigenvalue weighted by Crippen LogP contribution is -2.43. The second-order valence-corrected chi connectivity index (χ2v) is 8.75. The first-order valence-corrected chi connectivity index (χ1v) is 11.1. The number of nitrogens with zero attached hydrogens (tertiary/aromatic N) is 2. The van der Waals surface area contributed by atoms with E-state index in [0.29, 0.717) is 32.7 Å². The molecule has 152 valence electrons. The molecule has 4 rings (SSSR count). The zero-order valence-corrected chi connectivity index (χ0v) is 18.0. The van der Waals surface area contributed by atoms with Crippen LogP contribution in [-0.2, 0) is 4.79 Å². The third-order valence-corrected chi connectivity index (χ3v) is 6.78. The second-order valence-electron chi connectivity index (χ2n) is 6.83. The van der Waals surface area contributed by atoms with E-state index in [9.17, 15) is 9.18 Å². The number of hydrogen-bond acceptors (Lipinski definition) is 4. The molecule has 0 unspecified atom stereocenters. The third-order valence-electron chi connectivity index (χ3n) is 4.98. The lowest BCUT2D eigenvalue weighted by molar-refractivity contribution is -0.114. The Morgan fingerprint density at radius 2 is 1.86 bits per heavy atom. The van der Waals surface area contributed by atoms with Crippen LogP contribution in [0.4, 0.5) is 15.8 Å². The van der Waals surface area contributed by atoms with Gasteiger partial charge >= 0.3 is 0 Å². The van der Waals surface area contributed by atoms with E-state index in [1.54, 1.807) is 35.2 Å². The van der Waals surface area contributed by atoms with E-state index in [4.69, 9.17) is 23.2 Å². The van der Waals surface area contributed by atoms with Crippen LogP contribution in [0, 0.1) is 5.82 Å². The molecule has 2 aromatic rings. The molecule has 29 heavy (non-hydrogen) atoms. The molecule has 0 atom stereocenters. The Kier molecular flexibility index (Phi) is 6.35. The molecular weight excluding hydrogens is 432 g/mol. The third kappa shape index (κ3) is 4.40. The summed E-state index contributed by atoms with van der Waals surface area (Å²) in [4.78, 5) is 17.6. The molecule has 0 saturated carbocycles. The summed E-state index contributed by atoms with van der Waals surface area (Å²) in [6.07, 6.45) is 1.79. The number of hydrogen-bond donors (Lipinski definition) is 1. The van der Waals surface area contributed by atoms with Crippen molar-refractivity contribution in [3.05, 3.63) is 62.7 Å². The smallest absolute Gasteiger partial charge is 0.264 e. The minimum atomic E-state index is -0.321. The van der Waals surface area contributed by atoms with Gasteiger partial charge in [0.25, 0.3) is 5.91 Å². The van der Waals surface area contributed by atoms with Crippen molar-refractivity contribution < 1.29 is 9.18 Å². The fourth-order valence-corrected chi connectivity index (χ4v) is 4.89. The van der Waals surface area contributed by atoms with Crippen LogP contribution in [0.15, 0.2) is 41.3 Å². The van der Waals surface area contributed by atoms with Crippen LogP contribution < -0.4 is 15.1 Å². The van der Waals surface area contributed by atoms with Crippen molar-refractivity contribution in [1.29, 1.82) is 0 Å². The first-order chi connectivity index (χ1) is 14.0. The van der Waals surface area contributed by atoms with Crippen LogP contribution in [0.5, 0.6) is 0 Å². The summed E-state index contributed by atoms with van der Waals surface area (Å²) in [5.74, 6) is 0.248. The predicted molar refractivity (Wildman–Crippen MR) is 121 cm³/mol. The molecule has 2 saturated heterocycles. The topological polar surface area (TPSA) is 35.6 Å². The van der Waals surface area contributed by atoms with Gasteiger partial charge in [-0.05, 0) is 36.4 Å². The molecule has 0 radical (unpaired) electrons. The number of halogens is 3. The zero-order chi connectivity index (χ0) is 20.4. The van der Waals surface area contributed by atoms with Gasteiger partial charge in [0, 0.05) is 49.7 Å². The van der Waals surface area contributed by atoms with E-state index < -0.39 is 0 Å². The van der Waals surface area contributed by atoms with E-state index in [-0.39, 0.29) is 11.7 Å². The van der Waals surface area contributed by atoms with Gasteiger partial charge in [-0.2, -0.15) is 0 Å². The average molecular weight is 452 g/mol. The largest absolute Gasteiger partial charge is 0.368 e. The van der Waals surface area contributed by atoms with E-state index >= 15 is 0 Å². The number of carbonyl (C=O) groups excluding carboxylic acids is 1. The van der Waals surface area contributed by atoms with Crippen LogP contribution >= 0.6 is 35.0 Å². The Labute approximate surface area is 183 Å². The second kappa shape index (κ2) is 8.96. The maximum absolute atomic E-state index is 14.0. The van der Waals surface area contributed by atoms with E-state index in [1.807, 2.05) is 0 Å². The molecular formula is C21H20Cl2FN3OS. The first-order valence-electron chi connectivity index (χ1n) is 9.40. The highest BCUT2D eigenvalue weighted by molar-refractivity contribution is 8.04. The molecule has 8 heteroatoms. The number of anilines is 2. The number of amides is 1. The first kappa shape index (κ1) is 20.5. The summed E-state index contributed by atoms with van der Waals surface area (Å²) >= 11 is 13.9. The van der Waals surface area contributed by atoms with Crippen LogP contribution in [0.3, 0.4) is 0 Å². The highest BCUT2D eigenvalue weighted by Crippen LogP contribution is 2.37. The van der Waals surface area contributed by atoms with E-state index in [1.165, 1.54) is 23.9 Å². The Hall–Kier alpha value is -1.73. The maximum Gasteiger partial charge on any atom is 0.264 e. The van der Waals surface area contributed by atoms with Gasteiger partial charge in [-0.1, -0.05) is 29.3 Å². The summed E-state index contributed by atoms with van der Waals surface area (Å²) in [7, 11) is 0. The van der Waals surface area contributed by atoms with Crippen LogP contribution in [0.2, 0.25) is 10.0 Å². The van der Waals surface area contributed by atoms with Gasteiger partial charge in [0.2, 0.25) is 0 Å². The van der Waals surface area contributed by atoms with E-state index in [0.717, 1.165) is 37.6 Å². The van der Waals surface area contributed by atoms with Gasteiger partial charge in [-0.3, -0.25) is 4.79 Å². The van der Waals surface area contributed by atoms with Gasteiger partial charge in [0.05, 0.1) is 20.6 Å². The quantitative estimate of drug-likeness (QED) is 0.688. The Morgan fingerprint density at radius 1 is 1.07 bits per heavy atom. The van der Waals surface area contributed by atoms with E-state index in [2.05, 4.69) is 10.2 Å². The summed E-state index contributed by atoms with van der Waals surface area (Å²) in [6, 6.07) is 10.00. The number of thioether (sulfide) groups is 1. The van der Waals surface area contributed by atoms with Crippen molar-refractivity contribution in [3.63, 3.8) is 0 Å². The van der Waals surface area contributed by atoms with Crippen molar-refractivity contribution >= 4 is 58.3 Å². The number of nitrogens with one attached hydrogen (secondary N) is 1. The lowest BCUT2D eigenvalue weighted by atomic mass is 10.1. The predicted octanol–water partition coefficient (Wildman–Crippen LogP) is 4.66. The highest BCUT2D eigenvalue weighted by atomic mass is 35.5. The molecule has 1 N–H and O–H groups in total. The lowest BCUT2D eigenvalue weighted by Gasteiger charge is -2.31. The minimum Gasteiger partial charge on any atom is -0.368 e. The number of rotatable bonds is 3. The van der Waals surface area contributed by atoms with Crippen molar-refractivity contribution in [2.24, 2.45) is 0 Å². The standard InChI is InChI=1S/C21H20Cl2FN3OS/c22-16-2-1-3-18(20(16)23)27-10-11-29-19(21(27)28)13-14-12-15(24)4-5-17(14)26-8-6-25-7-9-26/h1-5,12-13,25H,6-11H2. The molecule has 1 amide bonds. The molecule has 0 spiro atoms. The zero-order valence-electron chi connectivity index (χ0n) is 15.6. The minimum absolute atomic E-state index is 0.152. The molecule has 2 aliphatic rings.